The quantitative estimate of drug-likeness (QED) is 0.732. The zero-order valence-electron chi connectivity index (χ0n) is 16.3. The Kier molecular flexibility index (Phi) is 5.37. The number of aryl methyl sites for hydroxylation is 1. The third kappa shape index (κ3) is 3.97. The van der Waals surface area contributed by atoms with Gasteiger partial charge >= 0.3 is 0 Å². The number of nitrogens with one attached hydrogen (secondary N) is 1. The van der Waals surface area contributed by atoms with Gasteiger partial charge in [-0.25, -0.2) is 0 Å². The second-order valence-corrected chi connectivity index (χ2v) is 7.64. The van der Waals surface area contributed by atoms with E-state index in [-0.39, 0.29) is 18.2 Å². The lowest BCUT2D eigenvalue weighted by Crippen LogP contribution is -2.36. The van der Waals surface area contributed by atoms with Gasteiger partial charge in [-0.2, -0.15) is 0 Å². The van der Waals surface area contributed by atoms with E-state index in [1.165, 1.54) is 7.11 Å². The number of carbonyl (C=O) groups is 3. The Morgan fingerprint density at radius 1 is 1.27 bits per heavy atom. The minimum absolute atomic E-state index is 0.0850. The van der Waals surface area contributed by atoms with Crippen molar-refractivity contribution in [3.63, 3.8) is 0 Å². The lowest BCUT2D eigenvalue weighted by atomic mass is 10.1. The number of nitrogens with zero attached hydrogens (tertiary/aromatic N) is 1. The largest absolute Gasteiger partial charge is 0.493 e. The number of carbonyl (C=O) groups excluding carboxylic acids is 3. The molecule has 2 aromatic carbocycles. The Labute approximate surface area is 176 Å². The highest BCUT2D eigenvalue weighted by atomic mass is 32.2. The first kappa shape index (κ1) is 19.8. The molecule has 2 heterocycles. The van der Waals surface area contributed by atoms with Gasteiger partial charge in [-0.1, -0.05) is 12.1 Å². The SMILES string of the molecule is COc1cc(/C=C2\SC(=O)N(CC(=O)Nc3cccc(C)c3)C2=O)cc2c1OCO2. The minimum Gasteiger partial charge on any atom is -0.493 e. The van der Waals surface area contributed by atoms with E-state index in [2.05, 4.69) is 5.32 Å². The van der Waals surface area contributed by atoms with Crippen LogP contribution in [0.15, 0.2) is 41.3 Å². The van der Waals surface area contributed by atoms with E-state index in [0.29, 0.717) is 28.5 Å². The molecule has 9 heteroatoms. The summed E-state index contributed by atoms with van der Waals surface area (Å²) in [5.41, 5.74) is 2.21. The van der Waals surface area contributed by atoms with Crippen molar-refractivity contribution in [1.82, 2.24) is 4.90 Å². The molecule has 8 nitrogen and oxygen atoms in total. The van der Waals surface area contributed by atoms with Gasteiger partial charge in [0.05, 0.1) is 12.0 Å². The molecule has 2 aliphatic heterocycles. The Balaban J connectivity index is 1.49. The summed E-state index contributed by atoms with van der Waals surface area (Å²) in [4.78, 5) is 38.5. The van der Waals surface area contributed by atoms with Crippen LogP contribution in [0.5, 0.6) is 17.2 Å². The standard InChI is InChI=1S/C21H18N2O6S/c1-12-4-3-5-14(6-12)22-18(24)10-23-20(25)17(30-21(23)26)9-13-7-15(27-2)19-16(8-13)28-11-29-19/h3-9H,10-11H2,1-2H3,(H,22,24)/b17-9-. The van der Waals surface area contributed by atoms with Gasteiger partial charge in [-0.05, 0) is 60.2 Å². The Morgan fingerprint density at radius 3 is 2.87 bits per heavy atom. The molecule has 3 amide bonds. The van der Waals surface area contributed by atoms with Crippen LogP contribution < -0.4 is 19.5 Å². The van der Waals surface area contributed by atoms with Crippen LogP contribution in [0, 0.1) is 6.92 Å². The Hall–Kier alpha value is -3.46. The molecule has 0 atom stereocenters. The molecule has 0 unspecified atom stereocenters. The number of ether oxygens (including phenoxy) is 3. The summed E-state index contributed by atoms with van der Waals surface area (Å²) < 4.78 is 16.0. The number of amides is 3. The van der Waals surface area contributed by atoms with E-state index in [4.69, 9.17) is 14.2 Å². The number of fused-ring (bicyclic) bond motifs is 1. The minimum atomic E-state index is -0.527. The number of imide groups is 1. The van der Waals surface area contributed by atoms with E-state index in [1.807, 2.05) is 19.1 Å². The van der Waals surface area contributed by atoms with Crippen LogP contribution >= 0.6 is 11.8 Å². The normalized spacial score (nSPS) is 16.3. The molecule has 0 bridgehead atoms. The van der Waals surface area contributed by atoms with Crippen LogP contribution in [-0.2, 0) is 9.59 Å². The smallest absolute Gasteiger partial charge is 0.294 e. The van der Waals surface area contributed by atoms with Crippen molar-refractivity contribution in [2.24, 2.45) is 0 Å². The summed E-state index contributed by atoms with van der Waals surface area (Å²) in [6.45, 7) is 1.63. The topological polar surface area (TPSA) is 94.2 Å². The summed E-state index contributed by atoms with van der Waals surface area (Å²) in [7, 11) is 1.50. The van der Waals surface area contributed by atoms with Crippen LogP contribution in [0.2, 0.25) is 0 Å². The molecule has 0 saturated carbocycles. The van der Waals surface area contributed by atoms with Crippen molar-refractivity contribution in [3.8, 4) is 17.2 Å². The number of methoxy groups -OCH3 is 1. The van der Waals surface area contributed by atoms with Gasteiger partial charge in [0.25, 0.3) is 11.1 Å². The van der Waals surface area contributed by atoms with Gasteiger partial charge in [0, 0.05) is 5.69 Å². The molecular formula is C21H18N2O6S. The first-order valence-corrected chi connectivity index (χ1v) is 9.86. The van der Waals surface area contributed by atoms with E-state index in [1.54, 1.807) is 30.3 Å². The fraction of sp³-hybridized carbons (Fsp3) is 0.190. The van der Waals surface area contributed by atoms with E-state index < -0.39 is 17.1 Å². The third-order valence-corrected chi connectivity index (χ3v) is 5.36. The molecule has 0 aromatic heterocycles. The molecule has 1 N–H and O–H groups in total. The highest BCUT2D eigenvalue weighted by molar-refractivity contribution is 8.18. The monoisotopic (exact) mass is 426 g/mol. The molecule has 4 rings (SSSR count). The molecule has 0 radical (unpaired) electrons. The van der Waals surface area contributed by atoms with Crippen molar-refractivity contribution >= 4 is 40.6 Å². The van der Waals surface area contributed by atoms with E-state index in [0.717, 1.165) is 22.2 Å². The fourth-order valence-electron chi connectivity index (χ4n) is 3.09. The van der Waals surface area contributed by atoms with Crippen LogP contribution in [0.4, 0.5) is 10.5 Å². The van der Waals surface area contributed by atoms with Gasteiger partial charge in [-0.15, -0.1) is 0 Å². The van der Waals surface area contributed by atoms with Crippen LogP contribution in [-0.4, -0.2) is 42.4 Å². The lowest BCUT2D eigenvalue weighted by molar-refractivity contribution is -0.127. The van der Waals surface area contributed by atoms with Gasteiger partial charge in [0.15, 0.2) is 11.5 Å². The number of hydrogen-bond acceptors (Lipinski definition) is 7. The first-order chi connectivity index (χ1) is 14.4. The maximum Gasteiger partial charge on any atom is 0.294 e. The van der Waals surface area contributed by atoms with Crippen molar-refractivity contribution in [2.45, 2.75) is 6.92 Å². The van der Waals surface area contributed by atoms with Gasteiger partial charge in [0.1, 0.15) is 6.54 Å². The highest BCUT2D eigenvalue weighted by Crippen LogP contribution is 2.43. The molecule has 0 aliphatic carbocycles. The zero-order valence-corrected chi connectivity index (χ0v) is 17.1. The Morgan fingerprint density at radius 2 is 2.10 bits per heavy atom. The van der Waals surface area contributed by atoms with Gasteiger partial charge in [-0.3, -0.25) is 19.3 Å². The maximum atomic E-state index is 12.7. The molecule has 2 aromatic rings. The zero-order chi connectivity index (χ0) is 21.3. The Bertz CT molecular complexity index is 1080. The number of benzene rings is 2. The highest BCUT2D eigenvalue weighted by Gasteiger charge is 2.36. The molecule has 154 valence electrons. The first-order valence-electron chi connectivity index (χ1n) is 9.04. The van der Waals surface area contributed by atoms with E-state index >= 15 is 0 Å². The number of rotatable bonds is 5. The number of anilines is 1. The number of hydrogen-bond donors (Lipinski definition) is 1. The van der Waals surface area contributed by atoms with Gasteiger partial charge < -0.3 is 19.5 Å². The van der Waals surface area contributed by atoms with Crippen LogP contribution in [0.3, 0.4) is 0 Å². The van der Waals surface area contributed by atoms with Crippen LogP contribution in [0.25, 0.3) is 6.08 Å². The van der Waals surface area contributed by atoms with Crippen molar-refractivity contribution < 1.29 is 28.6 Å². The molecule has 1 saturated heterocycles. The molecular weight excluding hydrogens is 408 g/mol. The predicted octanol–water partition coefficient (Wildman–Crippen LogP) is 3.41. The second kappa shape index (κ2) is 8.11. The predicted molar refractivity (Wildman–Crippen MR) is 112 cm³/mol. The van der Waals surface area contributed by atoms with E-state index in [9.17, 15) is 14.4 Å². The van der Waals surface area contributed by atoms with Gasteiger partial charge in [0.2, 0.25) is 18.4 Å². The number of thioether (sulfide) groups is 1. The third-order valence-electron chi connectivity index (χ3n) is 4.46. The summed E-state index contributed by atoms with van der Waals surface area (Å²) in [5, 5.41) is 2.20. The van der Waals surface area contributed by atoms with Crippen molar-refractivity contribution in [3.05, 3.63) is 52.4 Å². The molecule has 1 fully saturated rings. The molecule has 2 aliphatic rings. The van der Waals surface area contributed by atoms with Crippen LogP contribution in [0.1, 0.15) is 11.1 Å². The molecule has 0 spiro atoms. The summed E-state index contributed by atoms with van der Waals surface area (Å²) in [5.74, 6) is 0.482. The van der Waals surface area contributed by atoms with Crippen molar-refractivity contribution in [2.75, 3.05) is 25.8 Å². The second-order valence-electron chi connectivity index (χ2n) is 6.64. The molecule has 30 heavy (non-hydrogen) atoms. The fourth-order valence-corrected chi connectivity index (χ4v) is 3.93. The summed E-state index contributed by atoms with van der Waals surface area (Å²) >= 11 is 0.780. The average molecular weight is 426 g/mol. The average Bonchev–Trinajstić information content (AvgIpc) is 3.27. The summed E-state index contributed by atoms with van der Waals surface area (Å²) in [6, 6.07) is 10.6. The van der Waals surface area contributed by atoms with Crippen molar-refractivity contribution in [1.29, 1.82) is 0 Å². The lowest BCUT2D eigenvalue weighted by Gasteiger charge is -2.12. The maximum absolute atomic E-state index is 12.7. The summed E-state index contributed by atoms with van der Waals surface area (Å²) in [6.07, 6.45) is 1.56.